The Morgan fingerprint density at radius 1 is 1.25 bits per heavy atom. The van der Waals surface area contributed by atoms with Gasteiger partial charge < -0.3 is 9.16 Å². The van der Waals surface area contributed by atoms with Gasteiger partial charge in [0.2, 0.25) is 8.32 Å². The first-order chi connectivity index (χ1) is 7.42. The van der Waals surface area contributed by atoms with Gasteiger partial charge in [0.05, 0.1) is 13.5 Å². The van der Waals surface area contributed by atoms with Crippen LogP contribution in [0.2, 0.25) is 19.6 Å². The molecule has 0 bridgehead atoms. The van der Waals surface area contributed by atoms with Crippen molar-refractivity contribution in [1.29, 1.82) is 0 Å². The highest BCUT2D eigenvalue weighted by molar-refractivity contribution is 6.70. The van der Waals surface area contributed by atoms with Crippen LogP contribution >= 0.6 is 0 Å². The number of para-hydroxylation sites is 1. The van der Waals surface area contributed by atoms with Crippen LogP contribution in [0.25, 0.3) is 0 Å². The van der Waals surface area contributed by atoms with Crippen molar-refractivity contribution in [2.45, 2.75) is 26.1 Å². The minimum atomic E-state index is -1.64. The van der Waals surface area contributed by atoms with Crippen LogP contribution in [0.15, 0.2) is 24.3 Å². The van der Waals surface area contributed by atoms with E-state index in [1.54, 1.807) is 0 Å². The molecule has 0 radical (unpaired) electrons. The Hall–Kier alpha value is -1.29. The first kappa shape index (κ1) is 12.8. The van der Waals surface area contributed by atoms with Gasteiger partial charge in [0.1, 0.15) is 5.75 Å². The van der Waals surface area contributed by atoms with Gasteiger partial charge in [0.15, 0.2) is 0 Å². The highest BCUT2D eigenvalue weighted by Gasteiger charge is 2.18. The summed E-state index contributed by atoms with van der Waals surface area (Å²) in [5, 5.41) is 0. The molecule has 0 fully saturated rings. The molecule has 16 heavy (non-hydrogen) atoms. The monoisotopic (exact) mass is 238 g/mol. The molecule has 0 saturated carbocycles. The summed E-state index contributed by atoms with van der Waals surface area (Å²) in [5.41, 5.74) is 0.886. The molecule has 0 saturated heterocycles. The first-order valence-corrected chi connectivity index (χ1v) is 8.67. The lowest BCUT2D eigenvalue weighted by Crippen LogP contribution is -2.30. The number of rotatable bonds is 4. The van der Waals surface area contributed by atoms with Gasteiger partial charge in [-0.25, -0.2) is 0 Å². The zero-order valence-electron chi connectivity index (χ0n) is 10.2. The fourth-order valence-electron chi connectivity index (χ4n) is 1.31. The van der Waals surface area contributed by atoms with E-state index in [1.807, 2.05) is 24.3 Å². The first-order valence-electron chi connectivity index (χ1n) is 5.26. The quantitative estimate of drug-likeness (QED) is 0.597. The molecule has 3 nitrogen and oxygen atoms in total. The zero-order valence-corrected chi connectivity index (χ0v) is 11.2. The fourth-order valence-corrected chi connectivity index (χ4v) is 2.17. The lowest BCUT2D eigenvalue weighted by Gasteiger charge is -2.21. The van der Waals surface area contributed by atoms with E-state index in [4.69, 9.17) is 4.43 Å². The van der Waals surface area contributed by atoms with Crippen molar-refractivity contribution in [1.82, 2.24) is 0 Å². The lowest BCUT2D eigenvalue weighted by molar-refractivity contribution is -0.139. The third-order valence-electron chi connectivity index (χ3n) is 1.95. The van der Waals surface area contributed by atoms with Crippen LogP contribution in [0.3, 0.4) is 0 Å². The number of methoxy groups -OCH3 is 1. The van der Waals surface area contributed by atoms with E-state index < -0.39 is 8.32 Å². The molecule has 0 amide bonds. The Balaban J connectivity index is 2.87. The smallest absolute Gasteiger partial charge is 0.310 e. The molecule has 4 heteroatoms. The van der Waals surface area contributed by atoms with Crippen LogP contribution in [0.1, 0.15) is 5.56 Å². The highest BCUT2D eigenvalue weighted by Crippen LogP contribution is 2.22. The second kappa shape index (κ2) is 5.16. The molecule has 0 heterocycles. The van der Waals surface area contributed by atoms with E-state index in [0.717, 1.165) is 11.3 Å². The molecule has 1 aromatic carbocycles. The molecule has 0 spiro atoms. The Morgan fingerprint density at radius 3 is 2.44 bits per heavy atom. The Morgan fingerprint density at radius 2 is 1.88 bits per heavy atom. The van der Waals surface area contributed by atoms with Gasteiger partial charge in [-0.3, -0.25) is 4.79 Å². The van der Waals surface area contributed by atoms with E-state index in [-0.39, 0.29) is 12.4 Å². The van der Waals surface area contributed by atoms with Gasteiger partial charge in [-0.15, -0.1) is 0 Å². The van der Waals surface area contributed by atoms with E-state index in [9.17, 15) is 4.79 Å². The van der Waals surface area contributed by atoms with E-state index >= 15 is 0 Å². The molecule has 1 rings (SSSR count). The van der Waals surface area contributed by atoms with Gasteiger partial charge in [-0.05, 0) is 25.7 Å². The summed E-state index contributed by atoms with van der Waals surface area (Å²) in [7, 11) is -0.250. The Kier molecular flexibility index (Phi) is 4.12. The molecular formula is C12H18O3Si. The molecule has 0 atom stereocenters. The van der Waals surface area contributed by atoms with Gasteiger partial charge in [0.25, 0.3) is 0 Å². The molecule has 0 aliphatic rings. The largest absolute Gasteiger partial charge is 0.544 e. The average Bonchev–Trinajstić information content (AvgIpc) is 2.18. The van der Waals surface area contributed by atoms with Gasteiger partial charge >= 0.3 is 5.97 Å². The molecule has 0 N–H and O–H groups in total. The van der Waals surface area contributed by atoms with Crippen LogP contribution in [0.4, 0.5) is 0 Å². The maximum absolute atomic E-state index is 11.2. The van der Waals surface area contributed by atoms with Crippen molar-refractivity contribution in [3.63, 3.8) is 0 Å². The van der Waals surface area contributed by atoms with Crippen molar-refractivity contribution in [3.8, 4) is 5.75 Å². The molecule has 1 aromatic rings. The molecular weight excluding hydrogens is 220 g/mol. The number of carbonyl (C=O) groups is 1. The van der Waals surface area contributed by atoms with Crippen molar-refractivity contribution < 1.29 is 14.0 Å². The second-order valence-electron chi connectivity index (χ2n) is 4.58. The number of carbonyl (C=O) groups excluding carboxylic acids is 1. The summed E-state index contributed by atoms with van der Waals surface area (Å²) in [4.78, 5) is 11.2. The predicted octanol–water partition coefficient (Wildman–Crippen LogP) is 2.62. The van der Waals surface area contributed by atoms with Crippen LogP contribution in [-0.4, -0.2) is 21.4 Å². The van der Waals surface area contributed by atoms with E-state index in [2.05, 4.69) is 24.4 Å². The van der Waals surface area contributed by atoms with Crippen molar-refractivity contribution in [2.75, 3.05) is 7.11 Å². The minimum absolute atomic E-state index is 0.244. The maximum Gasteiger partial charge on any atom is 0.310 e. The normalized spacial score (nSPS) is 11.0. The summed E-state index contributed by atoms with van der Waals surface area (Å²) in [6.07, 6.45) is 0.261. The third kappa shape index (κ3) is 4.06. The van der Waals surface area contributed by atoms with Crippen LogP contribution in [0.5, 0.6) is 5.75 Å². The van der Waals surface area contributed by atoms with Crippen LogP contribution in [-0.2, 0) is 16.0 Å². The van der Waals surface area contributed by atoms with Crippen LogP contribution in [0, 0.1) is 0 Å². The lowest BCUT2D eigenvalue weighted by atomic mass is 10.1. The minimum Gasteiger partial charge on any atom is -0.544 e. The summed E-state index contributed by atoms with van der Waals surface area (Å²) >= 11 is 0. The maximum atomic E-state index is 11.2. The summed E-state index contributed by atoms with van der Waals surface area (Å²) < 4.78 is 10.6. The molecule has 88 valence electrons. The van der Waals surface area contributed by atoms with Crippen molar-refractivity contribution in [2.24, 2.45) is 0 Å². The highest BCUT2D eigenvalue weighted by atomic mass is 28.4. The molecule has 0 unspecified atom stereocenters. The van der Waals surface area contributed by atoms with Crippen molar-refractivity contribution >= 4 is 14.3 Å². The summed E-state index contributed by atoms with van der Waals surface area (Å²) in [5.74, 6) is 0.554. The summed E-state index contributed by atoms with van der Waals surface area (Å²) in [6, 6.07) is 7.61. The van der Waals surface area contributed by atoms with Crippen molar-refractivity contribution in [3.05, 3.63) is 29.8 Å². The van der Waals surface area contributed by atoms with E-state index in [0.29, 0.717) is 0 Å². The fraction of sp³-hybridized carbons (Fsp3) is 0.417. The van der Waals surface area contributed by atoms with Gasteiger partial charge in [0, 0.05) is 5.56 Å². The third-order valence-corrected chi connectivity index (χ3v) is 2.78. The molecule has 0 aliphatic heterocycles. The Labute approximate surface area is 97.5 Å². The Bertz CT molecular complexity index is 369. The number of benzene rings is 1. The standard InChI is InChI=1S/C12H18O3Si/c1-14-12(13)9-10-7-5-6-8-11(10)15-16(2,3)4/h5-8H,9H2,1-4H3. The number of hydrogen-bond donors (Lipinski definition) is 0. The number of ether oxygens (including phenoxy) is 1. The number of esters is 1. The van der Waals surface area contributed by atoms with E-state index in [1.165, 1.54) is 7.11 Å². The average molecular weight is 238 g/mol. The summed E-state index contributed by atoms with van der Waals surface area (Å²) in [6.45, 7) is 6.34. The predicted molar refractivity (Wildman–Crippen MR) is 66.1 cm³/mol. The topological polar surface area (TPSA) is 35.5 Å². The van der Waals surface area contributed by atoms with Crippen LogP contribution < -0.4 is 4.43 Å². The van der Waals surface area contributed by atoms with Gasteiger partial charge in [-0.2, -0.15) is 0 Å². The molecule has 0 aliphatic carbocycles. The SMILES string of the molecule is COC(=O)Cc1ccccc1O[Si](C)(C)C. The second-order valence-corrected chi connectivity index (χ2v) is 9.00. The zero-order chi connectivity index (χ0) is 12.2. The van der Waals surface area contributed by atoms with Gasteiger partial charge in [-0.1, -0.05) is 18.2 Å². The molecule has 0 aromatic heterocycles. The number of hydrogen-bond acceptors (Lipinski definition) is 3.